The van der Waals surface area contributed by atoms with Crippen LogP contribution in [0.1, 0.15) is 32.3 Å². The van der Waals surface area contributed by atoms with E-state index in [1.807, 2.05) is 0 Å². The van der Waals surface area contributed by atoms with E-state index in [1.54, 1.807) is 0 Å². The molecule has 1 aliphatic rings. The Hall–Kier alpha value is -0.800. The summed E-state index contributed by atoms with van der Waals surface area (Å²) < 4.78 is 7.79. The third-order valence-corrected chi connectivity index (χ3v) is 2.93. The maximum atomic E-state index is 5.58. The van der Waals surface area contributed by atoms with Crippen molar-refractivity contribution in [3.63, 3.8) is 0 Å². The van der Waals surface area contributed by atoms with E-state index in [1.165, 1.54) is 18.4 Å². The molecule has 2 rings (SSSR count). The van der Waals surface area contributed by atoms with E-state index in [2.05, 4.69) is 42.2 Å². The van der Waals surface area contributed by atoms with Gasteiger partial charge in [0.2, 0.25) is 0 Å². The molecule has 1 aromatic rings. The predicted octanol–water partition coefficient (Wildman–Crippen LogP) is 2.41. The molecule has 0 radical (unpaired) electrons. The average molecular weight is 236 g/mol. The largest absolute Gasteiger partial charge is 0.379 e. The topological polar surface area (TPSA) is 26.2 Å². The number of ether oxygens (including phenoxy) is 1. The van der Waals surface area contributed by atoms with E-state index < -0.39 is 0 Å². The lowest BCUT2D eigenvalue weighted by molar-refractivity contribution is 0.103. The van der Waals surface area contributed by atoms with Crippen molar-refractivity contribution in [2.75, 3.05) is 13.2 Å². The summed E-state index contributed by atoms with van der Waals surface area (Å²) in [4.78, 5) is 0. The van der Waals surface area contributed by atoms with Gasteiger partial charge in [0.1, 0.15) is 0 Å². The quantitative estimate of drug-likeness (QED) is 0.702. The van der Waals surface area contributed by atoms with Crippen LogP contribution in [0.4, 0.5) is 0 Å². The molecule has 3 heteroatoms. The number of rotatable bonds is 8. The molecular formula is C14H24N2O. The van der Waals surface area contributed by atoms with Gasteiger partial charge in [-0.1, -0.05) is 13.8 Å². The van der Waals surface area contributed by atoms with Gasteiger partial charge in [-0.05, 0) is 30.4 Å². The number of nitrogens with one attached hydrogen (secondary N) is 1. The SMILES string of the molecule is CC(C)COCCn1ccc(CNC2CC2)c1. The number of hydrogen-bond donors (Lipinski definition) is 1. The number of hydrogen-bond acceptors (Lipinski definition) is 2. The summed E-state index contributed by atoms with van der Waals surface area (Å²) in [7, 11) is 0. The minimum absolute atomic E-state index is 0.623. The summed E-state index contributed by atoms with van der Waals surface area (Å²) in [5.41, 5.74) is 1.38. The van der Waals surface area contributed by atoms with Crippen molar-refractivity contribution in [1.29, 1.82) is 0 Å². The minimum atomic E-state index is 0.623. The van der Waals surface area contributed by atoms with Gasteiger partial charge in [0.15, 0.2) is 0 Å². The highest BCUT2D eigenvalue weighted by Crippen LogP contribution is 2.19. The first kappa shape index (κ1) is 12.7. The molecule has 1 heterocycles. The van der Waals surface area contributed by atoms with Crippen molar-refractivity contribution in [3.8, 4) is 0 Å². The van der Waals surface area contributed by atoms with Gasteiger partial charge in [-0.15, -0.1) is 0 Å². The molecule has 1 aromatic heterocycles. The zero-order chi connectivity index (χ0) is 12.1. The zero-order valence-electron chi connectivity index (χ0n) is 11.0. The maximum Gasteiger partial charge on any atom is 0.0645 e. The molecular weight excluding hydrogens is 212 g/mol. The molecule has 0 spiro atoms. The summed E-state index contributed by atoms with van der Waals surface area (Å²) in [6, 6.07) is 2.98. The second-order valence-corrected chi connectivity index (χ2v) is 5.38. The van der Waals surface area contributed by atoms with Crippen LogP contribution in [0.15, 0.2) is 18.5 Å². The highest BCUT2D eigenvalue weighted by atomic mass is 16.5. The number of nitrogens with zero attached hydrogens (tertiary/aromatic N) is 1. The lowest BCUT2D eigenvalue weighted by atomic mass is 10.2. The Bertz CT molecular complexity index is 329. The van der Waals surface area contributed by atoms with Crippen molar-refractivity contribution in [1.82, 2.24) is 9.88 Å². The summed E-state index contributed by atoms with van der Waals surface area (Å²) >= 11 is 0. The molecule has 96 valence electrons. The summed E-state index contributed by atoms with van der Waals surface area (Å²) in [6.45, 7) is 7.98. The highest BCUT2D eigenvalue weighted by molar-refractivity contribution is 5.10. The molecule has 3 nitrogen and oxygen atoms in total. The molecule has 0 saturated heterocycles. The van der Waals surface area contributed by atoms with Gasteiger partial charge in [-0.25, -0.2) is 0 Å². The average Bonchev–Trinajstić information content (AvgIpc) is 3.01. The maximum absolute atomic E-state index is 5.58. The zero-order valence-corrected chi connectivity index (χ0v) is 11.0. The van der Waals surface area contributed by atoms with Crippen LogP contribution in [-0.4, -0.2) is 23.8 Å². The van der Waals surface area contributed by atoms with Gasteiger partial charge in [0.25, 0.3) is 0 Å². The summed E-state index contributed by atoms with van der Waals surface area (Å²) in [5.74, 6) is 0.623. The standard InChI is InChI=1S/C14H24N2O/c1-12(2)11-17-8-7-16-6-5-13(10-16)9-15-14-3-4-14/h5-6,10,12,14-15H,3-4,7-9,11H2,1-2H3. The smallest absolute Gasteiger partial charge is 0.0645 e. The molecule has 1 fully saturated rings. The number of aromatic nitrogens is 1. The van der Waals surface area contributed by atoms with Crippen molar-refractivity contribution in [2.45, 2.75) is 45.8 Å². The highest BCUT2D eigenvalue weighted by Gasteiger charge is 2.19. The Balaban J connectivity index is 1.62. The van der Waals surface area contributed by atoms with E-state index in [0.717, 1.165) is 32.3 Å². The fraction of sp³-hybridized carbons (Fsp3) is 0.714. The van der Waals surface area contributed by atoms with Crippen LogP contribution in [0, 0.1) is 5.92 Å². The van der Waals surface area contributed by atoms with E-state index in [0.29, 0.717) is 5.92 Å². The molecule has 0 aliphatic heterocycles. The first-order valence-corrected chi connectivity index (χ1v) is 6.70. The van der Waals surface area contributed by atoms with Crippen LogP contribution < -0.4 is 5.32 Å². The van der Waals surface area contributed by atoms with Crippen LogP contribution in [0.2, 0.25) is 0 Å². The minimum Gasteiger partial charge on any atom is -0.379 e. The molecule has 1 aliphatic carbocycles. The second-order valence-electron chi connectivity index (χ2n) is 5.38. The fourth-order valence-corrected chi connectivity index (χ4v) is 1.77. The van der Waals surface area contributed by atoms with Crippen LogP contribution in [0.5, 0.6) is 0 Å². The van der Waals surface area contributed by atoms with Crippen LogP contribution in [0.25, 0.3) is 0 Å². The summed E-state index contributed by atoms with van der Waals surface area (Å²) in [5, 5.41) is 3.52. The molecule has 1 saturated carbocycles. The molecule has 0 aromatic carbocycles. The van der Waals surface area contributed by atoms with Gasteiger partial charge < -0.3 is 14.6 Å². The Kier molecular flexibility index (Phi) is 4.63. The normalized spacial score (nSPS) is 15.7. The van der Waals surface area contributed by atoms with Crippen LogP contribution in [0.3, 0.4) is 0 Å². The fourth-order valence-electron chi connectivity index (χ4n) is 1.77. The van der Waals surface area contributed by atoms with Crippen molar-refractivity contribution < 1.29 is 4.74 Å². The van der Waals surface area contributed by atoms with Crippen LogP contribution in [-0.2, 0) is 17.8 Å². The van der Waals surface area contributed by atoms with Gasteiger partial charge in [0.05, 0.1) is 6.61 Å². The Morgan fingerprint density at radius 2 is 2.29 bits per heavy atom. The second kappa shape index (κ2) is 6.22. The third-order valence-electron chi connectivity index (χ3n) is 2.93. The predicted molar refractivity (Wildman–Crippen MR) is 70.0 cm³/mol. The lowest BCUT2D eigenvalue weighted by Crippen LogP contribution is -2.14. The van der Waals surface area contributed by atoms with Crippen LogP contribution >= 0.6 is 0 Å². The van der Waals surface area contributed by atoms with Gasteiger partial charge in [-0.3, -0.25) is 0 Å². The van der Waals surface area contributed by atoms with E-state index in [9.17, 15) is 0 Å². The van der Waals surface area contributed by atoms with E-state index >= 15 is 0 Å². The Morgan fingerprint density at radius 3 is 3.00 bits per heavy atom. The van der Waals surface area contributed by atoms with Crippen molar-refractivity contribution in [3.05, 3.63) is 24.0 Å². The molecule has 17 heavy (non-hydrogen) atoms. The Morgan fingerprint density at radius 1 is 1.47 bits per heavy atom. The van der Waals surface area contributed by atoms with Gasteiger partial charge in [0, 0.05) is 38.1 Å². The van der Waals surface area contributed by atoms with E-state index in [-0.39, 0.29) is 0 Å². The molecule has 0 amide bonds. The first-order valence-electron chi connectivity index (χ1n) is 6.70. The van der Waals surface area contributed by atoms with E-state index in [4.69, 9.17) is 4.74 Å². The molecule has 0 atom stereocenters. The monoisotopic (exact) mass is 236 g/mol. The summed E-state index contributed by atoms with van der Waals surface area (Å²) in [6.07, 6.45) is 7.06. The molecule has 1 N–H and O–H groups in total. The lowest BCUT2D eigenvalue weighted by Gasteiger charge is -2.07. The van der Waals surface area contributed by atoms with Crippen molar-refractivity contribution >= 4 is 0 Å². The Labute approximate surface area is 104 Å². The molecule has 0 bridgehead atoms. The third kappa shape index (κ3) is 4.92. The van der Waals surface area contributed by atoms with Gasteiger partial charge >= 0.3 is 0 Å². The first-order chi connectivity index (χ1) is 8.24. The van der Waals surface area contributed by atoms with Crippen molar-refractivity contribution in [2.24, 2.45) is 5.92 Å². The molecule has 0 unspecified atom stereocenters. The van der Waals surface area contributed by atoms with Gasteiger partial charge in [-0.2, -0.15) is 0 Å².